The fraction of sp³-hybridized carbons (Fsp3) is 0. The topological polar surface area (TPSA) is 97.5 Å². The van der Waals surface area contributed by atoms with Gasteiger partial charge < -0.3 is 0 Å². The molecule has 0 heterocycles. The fourth-order valence-electron chi connectivity index (χ4n) is 0.964. The summed E-state index contributed by atoms with van der Waals surface area (Å²) in [5.74, 6) is 0. The van der Waals surface area contributed by atoms with Crippen LogP contribution in [0.2, 0.25) is 0 Å². The number of rotatable bonds is 2. The third-order valence-electron chi connectivity index (χ3n) is 1.61. The van der Waals surface area contributed by atoms with Gasteiger partial charge in [0.05, 0.1) is 12.1 Å². The molecule has 10 radical (unpaired) electrons. The molecule has 0 aromatic carbocycles. The second kappa shape index (κ2) is 10.3. The van der Waals surface area contributed by atoms with Crippen LogP contribution in [-0.2, 0) is 17.1 Å². The molecule has 0 unspecified atom stereocenters. The van der Waals surface area contributed by atoms with Crippen molar-refractivity contribution < 1.29 is 17.1 Å². The third kappa shape index (κ3) is 7.14. The molecule has 0 atom stereocenters. The first-order chi connectivity index (χ1) is 7.86. The van der Waals surface area contributed by atoms with Crippen LogP contribution in [0.5, 0.6) is 0 Å². The zero-order valence-electron chi connectivity index (χ0n) is 8.66. The molecule has 0 spiro atoms. The van der Waals surface area contributed by atoms with Crippen LogP contribution in [0.25, 0.3) is 20.9 Å². The summed E-state index contributed by atoms with van der Waals surface area (Å²) in [7, 11) is 0. The maximum Gasteiger partial charge on any atom is 2.00 e. The smallest absolute Gasteiger partial charge is 0.0859 e. The Morgan fingerprint density at radius 1 is 0.706 bits per heavy atom. The van der Waals surface area contributed by atoms with Crippen LogP contribution in [0.15, 0.2) is 10.2 Å². The van der Waals surface area contributed by atoms with Gasteiger partial charge in [0.2, 0.25) is 0 Å². The van der Waals surface area contributed by atoms with E-state index in [0.717, 1.165) is 0 Å². The molecule has 0 aromatic rings. The van der Waals surface area contributed by atoms with E-state index in [1.165, 1.54) is 0 Å². The molecule has 7 heteroatoms. The molecule has 0 N–H and O–H groups in total. The van der Waals surface area contributed by atoms with Crippen LogP contribution in [-0.4, -0.2) is 0 Å². The molecule has 0 bridgehead atoms. The maximum atomic E-state index is 7.90. The Morgan fingerprint density at radius 2 is 1.00 bits per heavy atom. The predicted molar refractivity (Wildman–Crippen MR) is 59.2 cm³/mol. The molecule has 6 nitrogen and oxygen atoms in total. The Kier molecular flexibility index (Phi) is 9.78. The third-order valence-corrected chi connectivity index (χ3v) is 1.61. The zero-order valence-corrected chi connectivity index (χ0v) is 9.76. The van der Waals surface area contributed by atoms with Crippen molar-refractivity contribution in [2.45, 2.75) is 0 Å². The first-order valence-electron chi connectivity index (χ1n) is 4.40. The quantitative estimate of drug-likeness (QED) is 0.317. The van der Waals surface area contributed by atoms with Gasteiger partial charge in [-0.2, -0.15) is 0 Å². The van der Waals surface area contributed by atoms with E-state index in [1.807, 2.05) is 25.7 Å². The molecule has 2 saturated carbocycles. The Hall–Kier alpha value is -0.861. The summed E-state index contributed by atoms with van der Waals surface area (Å²) < 4.78 is 0. The molecule has 0 aromatic heterocycles. The fourth-order valence-corrected chi connectivity index (χ4v) is 0.964. The first-order valence-corrected chi connectivity index (χ1v) is 4.40. The van der Waals surface area contributed by atoms with Gasteiger partial charge in [0.25, 0.3) is 0 Å². The van der Waals surface area contributed by atoms with E-state index in [2.05, 4.69) is 20.1 Å². The van der Waals surface area contributed by atoms with Crippen molar-refractivity contribution in [2.24, 2.45) is 10.2 Å². The predicted octanol–water partition coefficient (Wildman–Crippen LogP) is 3.32. The van der Waals surface area contributed by atoms with Gasteiger partial charge >= 0.3 is 17.1 Å². The van der Waals surface area contributed by atoms with Crippen LogP contribution in [0.4, 0.5) is 0 Å². The van der Waals surface area contributed by atoms with Crippen LogP contribution in [0.3, 0.4) is 0 Å². The second-order valence-corrected chi connectivity index (χ2v) is 2.67. The SMILES string of the molecule is [Fe+2].[N-]=[N+]=N[C]1[CH][CH][CH][CH]1.[N-]=[N+]=N[C]1[CH][CH][CH][CH]1. The molecule has 2 fully saturated rings. The van der Waals surface area contributed by atoms with Gasteiger partial charge in [-0.15, -0.1) is 0 Å². The molecule has 0 amide bonds. The van der Waals surface area contributed by atoms with Crippen molar-refractivity contribution in [1.82, 2.24) is 0 Å². The number of nitrogens with zero attached hydrogens (tertiary/aromatic N) is 6. The van der Waals surface area contributed by atoms with Crippen molar-refractivity contribution in [3.8, 4) is 0 Å². The van der Waals surface area contributed by atoms with Gasteiger partial charge in [-0.25, -0.2) is 0 Å². The Bertz CT molecular complexity index is 253. The molecule has 2 aliphatic rings. The summed E-state index contributed by atoms with van der Waals surface area (Å²) in [6.07, 6.45) is 14.3. The summed E-state index contributed by atoms with van der Waals surface area (Å²) >= 11 is 0. The van der Waals surface area contributed by atoms with Gasteiger partial charge in [0.15, 0.2) is 0 Å². The van der Waals surface area contributed by atoms with E-state index in [4.69, 9.17) is 11.1 Å². The Labute approximate surface area is 112 Å². The molecular weight excluding hydrogens is 260 g/mol. The minimum absolute atomic E-state index is 0. The summed E-state index contributed by atoms with van der Waals surface area (Å²) in [4.78, 5) is 5.21. The average Bonchev–Trinajstić information content (AvgIpc) is 2.92. The van der Waals surface area contributed by atoms with Gasteiger partial charge in [0.1, 0.15) is 0 Å². The molecule has 0 aliphatic heterocycles. The Morgan fingerprint density at radius 3 is 1.24 bits per heavy atom. The van der Waals surface area contributed by atoms with E-state index in [1.54, 1.807) is 25.7 Å². The summed E-state index contributed by atoms with van der Waals surface area (Å²) in [6, 6.07) is 1.35. The molecule has 84 valence electrons. The van der Waals surface area contributed by atoms with Crippen LogP contribution in [0.1, 0.15) is 0 Å². The van der Waals surface area contributed by atoms with Crippen molar-refractivity contribution in [3.05, 3.63) is 84.3 Å². The molecule has 17 heavy (non-hydrogen) atoms. The molecule has 2 aliphatic carbocycles. The Balaban J connectivity index is 0.000000284. The summed E-state index contributed by atoms with van der Waals surface area (Å²) in [6.45, 7) is 0. The molecule has 0 saturated heterocycles. The van der Waals surface area contributed by atoms with Gasteiger partial charge in [0, 0.05) is 9.82 Å². The van der Waals surface area contributed by atoms with Crippen LogP contribution >= 0.6 is 0 Å². The minimum Gasteiger partial charge on any atom is -0.0859 e. The van der Waals surface area contributed by atoms with Gasteiger partial charge in [-0.3, -0.25) is 0 Å². The second-order valence-electron chi connectivity index (χ2n) is 2.67. The van der Waals surface area contributed by atoms with E-state index in [9.17, 15) is 0 Å². The van der Waals surface area contributed by atoms with Crippen molar-refractivity contribution in [3.63, 3.8) is 0 Å². The average molecular weight is 268 g/mol. The van der Waals surface area contributed by atoms with Crippen molar-refractivity contribution in [1.29, 1.82) is 0 Å². The van der Waals surface area contributed by atoms with E-state index in [0.29, 0.717) is 12.1 Å². The molecular formula is C10H8FeN6+2. The number of azide groups is 2. The molecule has 2 rings (SSSR count). The van der Waals surface area contributed by atoms with E-state index < -0.39 is 0 Å². The summed E-state index contributed by atoms with van der Waals surface area (Å²) in [5.41, 5.74) is 15.8. The zero-order chi connectivity index (χ0) is 11.6. The monoisotopic (exact) mass is 268 g/mol. The summed E-state index contributed by atoms with van der Waals surface area (Å²) in [5, 5.41) is 6.69. The first kappa shape index (κ1) is 16.1. The standard InChI is InChI=1S/2C5H4N3.Fe/c2*6-8-7-5-3-1-2-4-5;/h2*1-4H;/q;;+2. The minimum atomic E-state index is 0. The van der Waals surface area contributed by atoms with Crippen LogP contribution in [0, 0.1) is 63.5 Å². The van der Waals surface area contributed by atoms with Crippen molar-refractivity contribution >= 4 is 0 Å². The van der Waals surface area contributed by atoms with Crippen molar-refractivity contribution in [2.75, 3.05) is 0 Å². The maximum absolute atomic E-state index is 7.90. The van der Waals surface area contributed by atoms with E-state index >= 15 is 0 Å². The van der Waals surface area contributed by atoms with Gasteiger partial charge in [-0.05, 0) is 62.4 Å². The van der Waals surface area contributed by atoms with E-state index in [-0.39, 0.29) is 17.1 Å². The number of hydrogen-bond acceptors (Lipinski definition) is 2. The van der Waals surface area contributed by atoms with Crippen LogP contribution < -0.4 is 0 Å². The number of hydrogen-bond donors (Lipinski definition) is 0. The van der Waals surface area contributed by atoms with Gasteiger partial charge in [-0.1, -0.05) is 10.2 Å². The normalized spacial score (nSPS) is 19.3. The largest absolute Gasteiger partial charge is 2.00 e.